The number of nitrogens with zero attached hydrogens (tertiary/aromatic N) is 1. The molecule has 116 valence electrons. The van der Waals surface area contributed by atoms with E-state index in [1.165, 1.54) is 12.2 Å². The number of allylic oxidation sites excluding steroid dienone is 3. The van der Waals surface area contributed by atoms with Crippen molar-refractivity contribution in [3.8, 4) is 6.07 Å². The van der Waals surface area contributed by atoms with Gasteiger partial charge < -0.3 is 4.74 Å². The van der Waals surface area contributed by atoms with Gasteiger partial charge in [0.25, 0.3) is 0 Å². The molecular weight excluding hydrogens is 290 g/mol. The summed E-state index contributed by atoms with van der Waals surface area (Å²) in [5.41, 5.74) is 1.24. The summed E-state index contributed by atoms with van der Waals surface area (Å²) in [6.45, 7) is 9.84. The Bertz CT molecular complexity index is 656. The maximum atomic E-state index is 11.0. The molecule has 2 rings (SSSR count). The molecule has 4 nitrogen and oxygen atoms in total. The third kappa shape index (κ3) is 9.16. The summed E-state index contributed by atoms with van der Waals surface area (Å²) in [5, 5.41) is 7.51. The van der Waals surface area contributed by atoms with Gasteiger partial charge in [0.05, 0.1) is 11.6 Å². The molecule has 0 saturated heterocycles. The number of rotatable bonds is 3. The van der Waals surface area contributed by atoms with Crippen molar-refractivity contribution in [2.24, 2.45) is 0 Å². The van der Waals surface area contributed by atoms with E-state index in [-0.39, 0.29) is 5.57 Å². The number of cyclic esters (lactones) is 2. The number of esters is 2. The zero-order valence-corrected chi connectivity index (χ0v) is 12.6. The minimum atomic E-state index is -0.604. The summed E-state index contributed by atoms with van der Waals surface area (Å²) < 4.78 is 4.34. The minimum absolute atomic E-state index is 0.281. The largest absolute Gasteiger partial charge is 0.386 e. The molecule has 23 heavy (non-hydrogen) atoms. The number of benzene rings is 1. The van der Waals surface area contributed by atoms with Crippen molar-refractivity contribution in [2.75, 3.05) is 0 Å². The Hall–Kier alpha value is -3.45. The second-order valence-corrected chi connectivity index (χ2v) is 3.86. The lowest BCUT2D eigenvalue weighted by atomic mass is 10.1. The molecule has 0 radical (unpaired) electrons. The van der Waals surface area contributed by atoms with Crippen molar-refractivity contribution in [1.29, 1.82) is 5.26 Å². The van der Waals surface area contributed by atoms with Crippen LogP contribution in [0.3, 0.4) is 0 Å². The highest BCUT2D eigenvalue weighted by Crippen LogP contribution is 2.11. The van der Waals surface area contributed by atoms with E-state index in [2.05, 4.69) is 24.5 Å². The average molecular weight is 307 g/mol. The fourth-order valence-electron chi connectivity index (χ4n) is 1.23. The van der Waals surface area contributed by atoms with Crippen molar-refractivity contribution < 1.29 is 14.3 Å². The van der Waals surface area contributed by atoms with Crippen LogP contribution in [0.25, 0.3) is 6.08 Å². The van der Waals surface area contributed by atoms with Crippen molar-refractivity contribution in [3.63, 3.8) is 0 Å². The Kier molecular flexibility index (Phi) is 10.5. The number of hydrogen-bond donors (Lipinski definition) is 0. The standard InChI is InChI=1S/C12H8O3.C4H6.C3H3N/c13-11-8-10(12(14)15-11)7-6-9-4-2-1-3-5-9;1-3-4-2;1-2-3-4/h1-8H;3-4H,1-2H2;2H,1H2. The van der Waals surface area contributed by atoms with Crippen LogP contribution in [-0.4, -0.2) is 11.9 Å². The third-order valence-electron chi connectivity index (χ3n) is 2.22. The molecule has 1 aliphatic heterocycles. The summed E-state index contributed by atoms with van der Waals surface area (Å²) in [5.74, 6) is -1.19. The first kappa shape index (κ1) is 19.6. The molecule has 0 spiro atoms. The molecule has 0 bridgehead atoms. The zero-order chi connectivity index (χ0) is 17.5. The Balaban J connectivity index is 0.000000509. The van der Waals surface area contributed by atoms with E-state index in [9.17, 15) is 9.59 Å². The van der Waals surface area contributed by atoms with Gasteiger partial charge in [-0.2, -0.15) is 5.26 Å². The van der Waals surface area contributed by atoms with Crippen molar-refractivity contribution in [3.05, 3.63) is 91.6 Å². The first-order valence-electron chi connectivity index (χ1n) is 6.54. The van der Waals surface area contributed by atoms with Crippen LogP contribution in [0.15, 0.2) is 86.0 Å². The van der Waals surface area contributed by atoms with Gasteiger partial charge in [-0.05, 0) is 11.6 Å². The predicted octanol–water partition coefficient (Wildman–Crippen LogP) is 3.76. The van der Waals surface area contributed by atoms with Gasteiger partial charge in [-0.1, -0.05) is 68.3 Å². The monoisotopic (exact) mass is 307 g/mol. The van der Waals surface area contributed by atoms with Gasteiger partial charge in [0.1, 0.15) is 0 Å². The van der Waals surface area contributed by atoms with Crippen LogP contribution in [0.4, 0.5) is 0 Å². The molecule has 0 N–H and O–H groups in total. The van der Waals surface area contributed by atoms with E-state index in [0.717, 1.165) is 5.56 Å². The van der Waals surface area contributed by atoms with Crippen molar-refractivity contribution in [1.82, 2.24) is 0 Å². The molecule has 0 saturated carbocycles. The van der Waals surface area contributed by atoms with Gasteiger partial charge in [0.2, 0.25) is 0 Å². The fourth-order valence-corrected chi connectivity index (χ4v) is 1.23. The highest BCUT2D eigenvalue weighted by atomic mass is 16.6. The van der Waals surface area contributed by atoms with Gasteiger partial charge in [-0.25, -0.2) is 9.59 Å². The molecule has 1 heterocycles. The molecule has 1 aliphatic rings. The van der Waals surface area contributed by atoms with E-state index in [4.69, 9.17) is 5.26 Å². The number of hydrogen-bond acceptors (Lipinski definition) is 4. The first-order chi connectivity index (χ1) is 11.1. The minimum Gasteiger partial charge on any atom is -0.386 e. The topological polar surface area (TPSA) is 67.2 Å². The Morgan fingerprint density at radius 1 is 1.00 bits per heavy atom. The van der Waals surface area contributed by atoms with E-state index < -0.39 is 11.9 Å². The van der Waals surface area contributed by atoms with Gasteiger partial charge in [0.15, 0.2) is 0 Å². The maximum Gasteiger partial charge on any atom is 0.346 e. The first-order valence-corrected chi connectivity index (χ1v) is 6.54. The molecular formula is C19H17NO3. The van der Waals surface area contributed by atoms with E-state index >= 15 is 0 Å². The highest BCUT2D eigenvalue weighted by molar-refractivity contribution is 6.10. The SMILES string of the molecule is C=CC#N.C=CC=C.O=C1C=C(C=Cc2ccccc2)C(=O)O1. The van der Waals surface area contributed by atoms with Crippen LogP contribution < -0.4 is 0 Å². The quantitative estimate of drug-likeness (QED) is 0.369. The van der Waals surface area contributed by atoms with Crippen LogP contribution in [0, 0.1) is 11.3 Å². The second kappa shape index (κ2) is 12.3. The summed E-state index contributed by atoms with van der Waals surface area (Å²) in [6.07, 6.45) is 8.97. The number of carbonyl (C=O) groups excluding carboxylic acids is 2. The van der Waals surface area contributed by atoms with E-state index in [0.29, 0.717) is 0 Å². The predicted molar refractivity (Wildman–Crippen MR) is 90.9 cm³/mol. The molecule has 0 fully saturated rings. The lowest BCUT2D eigenvalue weighted by Crippen LogP contribution is -2.00. The van der Waals surface area contributed by atoms with Crippen LogP contribution in [0.5, 0.6) is 0 Å². The van der Waals surface area contributed by atoms with E-state index in [1.807, 2.05) is 30.3 Å². The number of carbonyl (C=O) groups is 2. The van der Waals surface area contributed by atoms with Gasteiger partial charge in [-0.3, -0.25) is 0 Å². The van der Waals surface area contributed by atoms with E-state index in [1.54, 1.807) is 30.4 Å². The Labute approximate surface area is 136 Å². The van der Waals surface area contributed by atoms with Crippen LogP contribution in [0.2, 0.25) is 0 Å². The van der Waals surface area contributed by atoms with Crippen molar-refractivity contribution in [2.45, 2.75) is 0 Å². The number of nitriles is 1. The molecule has 1 aromatic rings. The molecule has 0 atom stereocenters. The Morgan fingerprint density at radius 2 is 1.57 bits per heavy atom. The maximum absolute atomic E-state index is 11.0. The molecule has 4 heteroatoms. The van der Waals surface area contributed by atoms with Gasteiger partial charge >= 0.3 is 11.9 Å². The second-order valence-electron chi connectivity index (χ2n) is 3.86. The summed E-state index contributed by atoms with van der Waals surface area (Å²) in [7, 11) is 0. The smallest absolute Gasteiger partial charge is 0.346 e. The summed E-state index contributed by atoms with van der Waals surface area (Å²) in [4.78, 5) is 21.8. The number of ether oxygens (including phenoxy) is 1. The lowest BCUT2D eigenvalue weighted by molar-refractivity contribution is -0.150. The third-order valence-corrected chi connectivity index (χ3v) is 2.22. The average Bonchev–Trinajstić information content (AvgIpc) is 2.92. The van der Waals surface area contributed by atoms with Gasteiger partial charge in [-0.15, -0.1) is 0 Å². The van der Waals surface area contributed by atoms with Crippen LogP contribution in [0.1, 0.15) is 5.56 Å². The molecule has 0 unspecified atom stereocenters. The normalized spacial score (nSPS) is 11.7. The van der Waals surface area contributed by atoms with Crippen molar-refractivity contribution >= 4 is 18.0 Å². The summed E-state index contributed by atoms with van der Waals surface area (Å²) in [6, 6.07) is 11.2. The van der Waals surface area contributed by atoms with Crippen LogP contribution >= 0.6 is 0 Å². The highest BCUT2D eigenvalue weighted by Gasteiger charge is 2.20. The van der Waals surface area contributed by atoms with Gasteiger partial charge in [0, 0.05) is 12.2 Å². The molecule has 1 aromatic carbocycles. The zero-order valence-electron chi connectivity index (χ0n) is 12.6. The van der Waals surface area contributed by atoms with Crippen LogP contribution in [-0.2, 0) is 14.3 Å². The molecule has 0 aliphatic carbocycles. The summed E-state index contributed by atoms with van der Waals surface area (Å²) >= 11 is 0. The Morgan fingerprint density at radius 3 is 1.96 bits per heavy atom. The molecule has 0 amide bonds. The fraction of sp³-hybridized carbons (Fsp3) is 0. The lowest BCUT2D eigenvalue weighted by Gasteiger charge is -1.91. The molecule has 0 aromatic heterocycles.